The van der Waals surface area contributed by atoms with E-state index in [9.17, 15) is 0 Å². The Kier molecular flexibility index (Phi) is 3.45. The van der Waals surface area contributed by atoms with Crippen molar-refractivity contribution >= 4 is 10.9 Å². The first-order valence-corrected chi connectivity index (χ1v) is 6.55. The van der Waals surface area contributed by atoms with Crippen LogP contribution < -0.4 is 11.3 Å². The van der Waals surface area contributed by atoms with Gasteiger partial charge in [0.25, 0.3) is 0 Å². The molecule has 3 aromatic rings. The Morgan fingerprint density at radius 1 is 1.20 bits per heavy atom. The molecule has 1 aromatic carbocycles. The topological polar surface area (TPSA) is 68.8 Å². The van der Waals surface area contributed by atoms with E-state index in [0.29, 0.717) is 0 Å². The van der Waals surface area contributed by atoms with Gasteiger partial charge in [0.15, 0.2) is 0 Å². The third-order valence-corrected chi connectivity index (χ3v) is 3.53. The lowest BCUT2D eigenvalue weighted by atomic mass is 10.0. The van der Waals surface area contributed by atoms with Gasteiger partial charge < -0.3 is 4.57 Å². The number of pyridine rings is 1. The van der Waals surface area contributed by atoms with Gasteiger partial charge in [-0.05, 0) is 24.1 Å². The summed E-state index contributed by atoms with van der Waals surface area (Å²) in [5.41, 5.74) is 5.07. The molecule has 0 saturated heterocycles. The molecule has 102 valence electrons. The average Bonchev–Trinajstić information content (AvgIpc) is 2.91. The summed E-state index contributed by atoms with van der Waals surface area (Å²) in [6.07, 6.45) is 6.31. The normalized spacial score (nSPS) is 12.7. The molecule has 0 amide bonds. The second-order valence-electron chi connectivity index (χ2n) is 4.81. The van der Waals surface area contributed by atoms with Crippen LogP contribution in [0.5, 0.6) is 0 Å². The lowest BCUT2D eigenvalue weighted by molar-refractivity contribution is 0.508. The fourth-order valence-electron chi connectivity index (χ4n) is 2.49. The molecule has 3 N–H and O–H groups in total. The molecule has 0 bridgehead atoms. The molecule has 2 aromatic heterocycles. The monoisotopic (exact) mass is 267 g/mol. The van der Waals surface area contributed by atoms with Crippen LogP contribution >= 0.6 is 0 Å². The molecule has 0 spiro atoms. The van der Waals surface area contributed by atoms with Crippen molar-refractivity contribution in [1.29, 1.82) is 0 Å². The molecular weight excluding hydrogens is 250 g/mol. The Bertz CT molecular complexity index is 714. The summed E-state index contributed by atoms with van der Waals surface area (Å²) in [7, 11) is 1.97. The number of rotatable bonds is 4. The van der Waals surface area contributed by atoms with Crippen molar-refractivity contribution in [1.82, 2.24) is 20.0 Å². The van der Waals surface area contributed by atoms with Crippen LogP contribution in [0, 0.1) is 0 Å². The SMILES string of the molecule is Cn1ccnc1C(Cc1ccnc2ccccc12)NN. The van der Waals surface area contributed by atoms with Crippen molar-refractivity contribution in [3.05, 3.63) is 60.3 Å². The maximum absolute atomic E-state index is 5.71. The van der Waals surface area contributed by atoms with Gasteiger partial charge in [-0.3, -0.25) is 10.8 Å². The molecule has 0 aliphatic rings. The van der Waals surface area contributed by atoms with Crippen LogP contribution in [0.15, 0.2) is 48.9 Å². The summed E-state index contributed by atoms with van der Waals surface area (Å²) in [6, 6.07) is 10.1. The van der Waals surface area contributed by atoms with Crippen LogP contribution in [-0.2, 0) is 13.5 Å². The molecule has 1 unspecified atom stereocenters. The smallest absolute Gasteiger partial charge is 0.127 e. The molecule has 3 rings (SSSR count). The number of nitrogens with zero attached hydrogens (tertiary/aromatic N) is 3. The molecular formula is C15H17N5. The van der Waals surface area contributed by atoms with E-state index in [1.54, 1.807) is 6.20 Å². The zero-order chi connectivity index (χ0) is 13.9. The summed E-state index contributed by atoms with van der Waals surface area (Å²) in [5.74, 6) is 6.63. The zero-order valence-electron chi connectivity index (χ0n) is 11.3. The summed E-state index contributed by atoms with van der Waals surface area (Å²) in [6.45, 7) is 0. The van der Waals surface area contributed by atoms with E-state index in [-0.39, 0.29) is 6.04 Å². The Morgan fingerprint density at radius 2 is 2.05 bits per heavy atom. The predicted octanol–water partition coefficient (Wildman–Crippen LogP) is 1.72. The fraction of sp³-hybridized carbons (Fsp3) is 0.200. The van der Waals surface area contributed by atoms with E-state index in [0.717, 1.165) is 23.1 Å². The molecule has 1 atom stereocenters. The highest BCUT2D eigenvalue weighted by atomic mass is 15.3. The van der Waals surface area contributed by atoms with Gasteiger partial charge in [-0.15, -0.1) is 0 Å². The standard InChI is InChI=1S/C15H17N5/c1-20-9-8-18-15(20)14(19-16)10-11-6-7-17-13-5-3-2-4-12(11)13/h2-9,14,19H,10,16H2,1H3. The number of para-hydroxylation sites is 1. The van der Waals surface area contributed by atoms with Crippen molar-refractivity contribution in [3.8, 4) is 0 Å². The number of hydrogen-bond donors (Lipinski definition) is 2. The zero-order valence-corrected chi connectivity index (χ0v) is 11.3. The van der Waals surface area contributed by atoms with Gasteiger partial charge in [-0.1, -0.05) is 18.2 Å². The molecule has 0 aliphatic heterocycles. The Morgan fingerprint density at radius 3 is 2.80 bits per heavy atom. The summed E-state index contributed by atoms with van der Waals surface area (Å²) in [5, 5.41) is 1.16. The number of imidazole rings is 1. The van der Waals surface area contributed by atoms with Gasteiger partial charge in [0, 0.05) is 31.0 Å². The van der Waals surface area contributed by atoms with Crippen LogP contribution in [0.1, 0.15) is 17.4 Å². The van der Waals surface area contributed by atoms with Crippen molar-refractivity contribution in [2.45, 2.75) is 12.5 Å². The van der Waals surface area contributed by atoms with Crippen LogP contribution in [0.25, 0.3) is 10.9 Å². The van der Waals surface area contributed by atoms with E-state index >= 15 is 0 Å². The summed E-state index contributed by atoms with van der Waals surface area (Å²) in [4.78, 5) is 8.75. The largest absolute Gasteiger partial charge is 0.337 e. The highest BCUT2D eigenvalue weighted by Gasteiger charge is 2.16. The van der Waals surface area contributed by atoms with Gasteiger partial charge in [0.1, 0.15) is 5.82 Å². The van der Waals surface area contributed by atoms with Gasteiger partial charge in [0.2, 0.25) is 0 Å². The van der Waals surface area contributed by atoms with Crippen molar-refractivity contribution < 1.29 is 0 Å². The molecule has 20 heavy (non-hydrogen) atoms. The minimum Gasteiger partial charge on any atom is -0.337 e. The quantitative estimate of drug-likeness (QED) is 0.558. The molecule has 0 aliphatic carbocycles. The number of nitrogens with two attached hydrogens (primary N) is 1. The highest BCUT2D eigenvalue weighted by Crippen LogP contribution is 2.22. The van der Waals surface area contributed by atoms with E-state index in [2.05, 4.69) is 21.5 Å². The fourth-order valence-corrected chi connectivity index (χ4v) is 2.49. The van der Waals surface area contributed by atoms with Gasteiger partial charge >= 0.3 is 0 Å². The van der Waals surface area contributed by atoms with E-state index < -0.39 is 0 Å². The third kappa shape index (κ3) is 2.29. The van der Waals surface area contributed by atoms with E-state index in [1.807, 2.05) is 48.3 Å². The Labute approximate surface area is 117 Å². The Balaban J connectivity index is 1.98. The maximum atomic E-state index is 5.71. The molecule has 0 saturated carbocycles. The molecule has 5 heteroatoms. The number of aromatic nitrogens is 3. The van der Waals surface area contributed by atoms with Crippen molar-refractivity contribution in [2.24, 2.45) is 12.9 Å². The second kappa shape index (κ2) is 5.40. The summed E-state index contributed by atoms with van der Waals surface area (Å²) >= 11 is 0. The lowest BCUT2D eigenvalue weighted by Gasteiger charge is -2.16. The van der Waals surface area contributed by atoms with Gasteiger partial charge in [-0.2, -0.15) is 0 Å². The second-order valence-corrected chi connectivity index (χ2v) is 4.81. The molecule has 2 heterocycles. The average molecular weight is 267 g/mol. The van der Waals surface area contributed by atoms with E-state index in [4.69, 9.17) is 5.84 Å². The molecule has 0 fully saturated rings. The lowest BCUT2D eigenvalue weighted by Crippen LogP contribution is -2.31. The first kappa shape index (κ1) is 12.8. The minimum atomic E-state index is -0.0270. The minimum absolute atomic E-state index is 0.0270. The predicted molar refractivity (Wildman–Crippen MR) is 78.7 cm³/mol. The number of hydrogen-bond acceptors (Lipinski definition) is 4. The highest BCUT2D eigenvalue weighted by molar-refractivity contribution is 5.81. The maximum Gasteiger partial charge on any atom is 0.127 e. The number of benzene rings is 1. The number of fused-ring (bicyclic) bond motifs is 1. The third-order valence-electron chi connectivity index (χ3n) is 3.53. The van der Waals surface area contributed by atoms with Gasteiger partial charge in [-0.25, -0.2) is 10.4 Å². The number of hydrazine groups is 1. The van der Waals surface area contributed by atoms with Gasteiger partial charge in [0.05, 0.1) is 11.6 Å². The molecule has 0 radical (unpaired) electrons. The van der Waals surface area contributed by atoms with Crippen molar-refractivity contribution in [2.75, 3.05) is 0 Å². The van der Waals surface area contributed by atoms with Crippen LogP contribution in [-0.4, -0.2) is 14.5 Å². The number of aryl methyl sites for hydroxylation is 1. The molecule has 5 nitrogen and oxygen atoms in total. The Hall–Kier alpha value is -2.24. The van der Waals surface area contributed by atoms with Crippen LogP contribution in [0.2, 0.25) is 0 Å². The summed E-state index contributed by atoms with van der Waals surface area (Å²) < 4.78 is 1.98. The number of nitrogens with one attached hydrogen (secondary N) is 1. The van der Waals surface area contributed by atoms with E-state index in [1.165, 1.54) is 5.56 Å². The first-order chi connectivity index (χ1) is 9.79. The van der Waals surface area contributed by atoms with Crippen LogP contribution in [0.3, 0.4) is 0 Å². The van der Waals surface area contributed by atoms with Crippen LogP contribution in [0.4, 0.5) is 0 Å². The first-order valence-electron chi connectivity index (χ1n) is 6.55. The van der Waals surface area contributed by atoms with Crippen molar-refractivity contribution in [3.63, 3.8) is 0 Å².